The zero-order valence-corrected chi connectivity index (χ0v) is 12.3. The second-order valence-corrected chi connectivity index (χ2v) is 4.36. The molecule has 0 spiro atoms. The third kappa shape index (κ3) is 11.5. The van der Waals surface area contributed by atoms with E-state index in [1.54, 1.807) is 0 Å². The number of hydrogen-bond donors (Lipinski definition) is 3. The number of urea groups is 1. The van der Waals surface area contributed by atoms with E-state index in [4.69, 9.17) is 4.74 Å². The average molecular weight is 273 g/mol. The van der Waals surface area contributed by atoms with Crippen molar-refractivity contribution in [1.82, 2.24) is 16.0 Å². The van der Waals surface area contributed by atoms with E-state index in [2.05, 4.69) is 16.0 Å². The van der Waals surface area contributed by atoms with Gasteiger partial charge in [0.2, 0.25) is 5.91 Å². The normalized spacial score (nSPS) is 11.7. The van der Waals surface area contributed by atoms with E-state index >= 15 is 0 Å². The maximum atomic E-state index is 11.4. The van der Waals surface area contributed by atoms with Gasteiger partial charge < -0.3 is 20.7 Å². The lowest BCUT2D eigenvalue weighted by Gasteiger charge is -2.11. The van der Waals surface area contributed by atoms with Gasteiger partial charge in [0.05, 0.1) is 0 Å². The molecule has 0 aromatic rings. The molecule has 112 valence electrons. The van der Waals surface area contributed by atoms with E-state index in [1.165, 1.54) is 0 Å². The molecule has 0 aliphatic rings. The van der Waals surface area contributed by atoms with Gasteiger partial charge in [-0.25, -0.2) is 4.79 Å². The molecule has 0 bridgehead atoms. The van der Waals surface area contributed by atoms with Gasteiger partial charge in [0, 0.05) is 38.8 Å². The smallest absolute Gasteiger partial charge is 0.314 e. The van der Waals surface area contributed by atoms with Gasteiger partial charge in [-0.15, -0.1) is 0 Å². The lowest BCUT2D eigenvalue weighted by molar-refractivity contribution is -0.121. The fourth-order valence-corrected chi connectivity index (χ4v) is 1.32. The minimum atomic E-state index is -0.243. The fraction of sp³-hybridized carbons (Fsp3) is 0.846. The number of rotatable bonds is 10. The highest BCUT2D eigenvalue weighted by molar-refractivity contribution is 5.78. The third-order valence-electron chi connectivity index (χ3n) is 2.61. The van der Waals surface area contributed by atoms with Gasteiger partial charge >= 0.3 is 6.03 Å². The molecule has 6 heteroatoms. The standard InChI is InChI=1S/C13H27N3O3/c1-4-11(3)16-12(17)7-9-15-13(18)14-8-6-10-19-5-2/h11H,4-10H2,1-3H3,(H,16,17)(H2,14,15,18). The second kappa shape index (κ2) is 11.8. The predicted octanol–water partition coefficient (Wildman–Crippen LogP) is 1.02. The molecule has 0 aromatic heterocycles. The van der Waals surface area contributed by atoms with E-state index < -0.39 is 0 Å². The molecule has 19 heavy (non-hydrogen) atoms. The molecule has 3 N–H and O–H groups in total. The maximum absolute atomic E-state index is 11.4. The highest BCUT2D eigenvalue weighted by atomic mass is 16.5. The van der Waals surface area contributed by atoms with Crippen LogP contribution < -0.4 is 16.0 Å². The summed E-state index contributed by atoms with van der Waals surface area (Å²) < 4.78 is 5.15. The SMILES string of the molecule is CCOCCCNC(=O)NCCC(=O)NC(C)CC. The van der Waals surface area contributed by atoms with Crippen molar-refractivity contribution in [3.8, 4) is 0 Å². The summed E-state index contributed by atoms with van der Waals surface area (Å²) in [5.74, 6) is -0.0361. The van der Waals surface area contributed by atoms with E-state index in [1.807, 2.05) is 20.8 Å². The summed E-state index contributed by atoms with van der Waals surface area (Å²) in [7, 11) is 0. The number of carbonyl (C=O) groups excluding carboxylic acids is 2. The highest BCUT2D eigenvalue weighted by Gasteiger charge is 2.06. The van der Waals surface area contributed by atoms with Gasteiger partial charge in [0.25, 0.3) is 0 Å². The van der Waals surface area contributed by atoms with Crippen LogP contribution in [0.5, 0.6) is 0 Å². The highest BCUT2D eigenvalue weighted by Crippen LogP contribution is 1.89. The van der Waals surface area contributed by atoms with Gasteiger partial charge in [-0.3, -0.25) is 4.79 Å². The fourth-order valence-electron chi connectivity index (χ4n) is 1.32. The summed E-state index contributed by atoms with van der Waals surface area (Å²) >= 11 is 0. The van der Waals surface area contributed by atoms with Gasteiger partial charge in [0.1, 0.15) is 0 Å². The minimum absolute atomic E-state index is 0.0361. The number of hydrogen-bond acceptors (Lipinski definition) is 3. The van der Waals surface area contributed by atoms with Crippen molar-refractivity contribution in [2.24, 2.45) is 0 Å². The van der Waals surface area contributed by atoms with Gasteiger partial charge in [-0.1, -0.05) is 6.92 Å². The first-order valence-corrected chi connectivity index (χ1v) is 6.98. The summed E-state index contributed by atoms with van der Waals surface area (Å²) in [5.41, 5.74) is 0. The van der Waals surface area contributed by atoms with Crippen LogP contribution in [-0.4, -0.2) is 44.3 Å². The van der Waals surface area contributed by atoms with Crippen LogP contribution >= 0.6 is 0 Å². The topological polar surface area (TPSA) is 79.5 Å². The van der Waals surface area contributed by atoms with Crippen LogP contribution in [0.25, 0.3) is 0 Å². The van der Waals surface area contributed by atoms with E-state index in [0.717, 1.165) is 12.8 Å². The minimum Gasteiger partial charge on any atom is -0.382 e. The summed E-state index contributed by atoms with van der Waals surface area (Å²) in [5, 5.41) is 8.19. The molecule has 0 heterocycles. The zero-order valence-electron chi connectivity index (χ0n) is 12.3. The summed E-state index contributed by atoms with van der Waals surface area (Å²) in [4.78, 5) is 22.8. The Morgan fingerprint density at radius 2 is 1.84 bits per heavy atom. The van der Waals surface area contributed by atoms with E-state index in [9.17, 15) is 9.59 Å². The Hall–Kier alpha value is -1.30. The van der Waals surface area contributed by atoms with Gasteiger partial charge in [0.15, 0.2) is 0 Å². The van der Waals surface area contributed by atoms with Crippen LogP contribution in [-0.2, 0) is 9.53 Å². The summed E-state index contributed by atoms with van der Waals surface area (Å²) in [6.45, 7) is 8.16. The molecule has 0 radical (unpaired) electrons. The van der Waals surface area contributed by atoms with Crippen molar-refractivity contribution in [3.63, 3.8) is 0 Å². The van der Waals surface area contributed by atoms with E-state index in [-0.39, 0.29) is 18.0 Å². The van der Waals surface area contributed by atoms with E-state index in [0.29, 0.717) is 32.7 Å². The maximum Gasteiger partial charge on any atom is 0.314 e. The number of ether oxygens (including phenoxy) is 1. The quantitative estimate of drug-likeness (QED) is 0.520. The number of amides is 3. The van der Waals surface area contributed by atoms with Crippen molar-refractivity contribution in [1.29, 1.82) is 0 Å². The zero-order chi connectivity index (χ0) is 14.5. The molecule has 6 nitrogen and oxygen atoms in total. The van der Waals surface area contributed by atoms with Crippen LogP contribution in [0.2, 0.25) is 0 Å². The molecule has 1 unspecified atom stereocenters. The molecule has 0 aromatic carbocycles. The van der Waals surface area contributed by atoms with Crippen LogP contribution in [0.4, 0.5) is 4.79 Å². The molecule has 0 aliphatic heterocycles. The Kier molecular flexibility index (Phi) is 11.0. The molecule has 0 saturated heterocycles. The Morgan fingerprint density at radius 1 is 1.16 bits per heavy atom. The molecule has 0 saturated carbocycles. The number of nitrogens with one attached hydrogen (secondary N) is 3. The largest absolute Gasteiger partial charge is 0.382 e. The Labute approximate surface area is 115 Å². The van der Waals surface area contributed by atoms with Crippen LogP contribution in [0.1, 0.15) is 40.0 Å². The predicted molar refractivity (Wildman–Crippen MR) is 75.0 cm³/mol. The molecule has 0 fully saturated rings. The summed E-state index contributed by atoms with van der Waals surface area (Å²) in [6, 6.07) is -0.0623. The molecule has 0 rings (SSSR count). The molecule has 3 amide bonds. The molecule has 1 atom stereocenters. The number of carbonyl (C=O) groups is 2. The first-order valence-electron chi connectivity index (χ1n) is 6.98. The third-order valence-corrected chi connectivity index (χ3v) is 2.61. The first-order chi connectivity index (χ1) is 9.10. The van der Waals surface area contributed by atoms with Crippen molar-refractivity contribution in [2.75, 3.05) is 26.3 Å². The monoisotopic (exact) mass is 273 g/mol. The lowest BCUT2D eigenvalue weighted by Crippen LogP contribution is -2.39. The van der Waals surface area contributed by atoms with Crippen molar-refractivity contribution in [3.05, 3.63) is 0 Å². The van der Waals surface area contributed by atoms with Gasteiger partial charge in [-0.05, 0) is 26.7 Å². The molecule has 0 aliphatic carbocycles. The van der Waals surface area contributed by atoms with Gasteiger partial charge in [-0.2, -0.15) is 0 Å². The second-order valence-electron chi connectivity index (χ2n) is 4.36. The summed E-state index contributed by atoms with van der Waals surface area (Å²) in [6.07, 6.45) is 1.99. The Balaban J connectivity index is 3.45. The molecular formula is C13H27N3O3. The van der Waals surface area contributed by atoms with Crippen molar-refractivity contribution < 1.29 is 14.3 Å². The van der Waals surface area contributed by atoms with Crippen LogP contribution in [0.3, 0.4) is 0 Å². The van der Waals surface area contributed by atoms with Crippen molar-refractivity contribution in [2.45, 2.75) is 46.1 Å². The van der Waals surface area contributed by atoms with Crippen LogP contribution in [0, 0.1) is 0 Å². The van der Waals surface area contributed by atoms with Crippen LogP contribution in [0.15, 0.2) is 0 Å². The van der Waals surface area contributed by atoms with Crippen molar-refractivity contribution >= 4 is 11.9 Å². The Morgan fingerprint density at radius 3 is 2.47 bits per heavy atom. The molecular weight excluding hydrogens is 246 g/mol. The first kappa shape index (κ1) is 17.7. The average Bonchev–Trinajstić information content (AvgIpc) is 2.38. The Bertz CT molecular complexity index is 260. The lowest BCUT2D eigenvalue weighted by atomic mass is 10.2.